The molecule has 0 heterocycles. The first-order valence-electron chi connectivity index (χ1n) is 20.9. The number of hydrogen-bond donors (Lipinski definition) is 0. The van der Waals surface area contributed by atoms with Crippen LogP contribution < -0.4 is 0 Å². The van der Waals surface area contributed by atoms with Crippen LogP contribution in [0.15, 0.2) is 35.5 Å². The third kappa shape index (κ3) is 5.33. The van der Waals surface area contributed by atoms with E-state index in [9.17, 15) is 14.4 Å². The van der Waals surface area contributed by atoms with Gasteiger partial charge in [-0.2, -0.15) is 0 Å². The molecule has 0 aliphatic heterocycles. The lowest BCUT2D eigenvalue weighted by Gasteiger charge is -2.59. The summed E-state index contributed by atoms with van der Waals surface area (Å²) in [6, 6.07) is 0. The zero-order valence-electron chi connectivity index (χ0n) is 31.9. The third-order valence-electron chi connectivity index (χ3n) is 17.4. The van der Waals surface area contributed by atoms with Gasteiger partial charge in [-0.15, -0.1) is 6.42 Å². The highest BCUT2D eigenvalue weighted by atomic mass is 16.6. The highest BCUT2D eigenvalue weighted by Gasteiger charge is 2.66. The van der Waals surface area contributed by atoms with Gasteiger partial charge < -0.3 is 9.47 Å². The molecule has 51 heavy (non-hydrogen) atoms. The first kappa shape index (κ1) is 35.4. The van der Waals surface area contributed by atoms with Crippen LogP contribution in [0.4, 0.5) is 0 Å². The summed E-state index contributed by atoms with van der Waals surface area (Å²) in [6.07, 6.45) is 27.0. The molecule has 0 aromatic rings. The molecule has 0 amide bonds. The van der Waals surface area contributed by atoms with Gasteiger partial charge >= 0.3 is 11.9 Å². The molecule has 5 nitrogen and oxygen atoms in total. The van der Waals surface area contributed by atoms with Gasteiger partial charge in [0.1, 0.15) is 6.10 Å². The molecular weight excluding hydrogens is 633 g/mol. The van der Waals surface area contributed by atoms with Crippen molar-refractivity contribution in [3.8, 4) is 12.3 Å². The first-order chi connectivity index (χ1) is 24.4. The van der Waals surface area contributed by atoms with Gasteiger partial charge in [0.25, 0.3) is 0 Å². The van der Waals surface area contributed by atoms with Crippen molar-refractivity contribution >= 4 is 17.7 Å². The molecule has 0 aromatic heterocycles. The summed E-state index contributed by atoms with van der Waals surface area (Å²) in [4.78, 5) is 39.4. The lowest BCUT2D eigenvalue weighted by Crippen LogP contribution is -2.55. The van der Waals surface area contributed by atoms with Gasteiger partial charge in [-0.1, -0.05) is 63.0 Å². The zero-order chi connectivity index (χ0) is 35.9. The topological polar surface area (TPSA) is 69.7 Å². The second-order valence-corrected chi connectivity index (χ2v) is 19.2. The Morgan fingerprint density at radius 1 is 0.882 bits per heavy atom. The van der Waals surface area contributed by atoms with Crippen LogP contribution in [0.2, 0.25) is 0 Å². The average Bonchev–Trinajstić information content (AvgIpc) is 3.62. The lowest BCUT2D eigenvalue weighted by atomic mass is 9.45. The number of terminal acetylenes is 1. The van der Waals surface area contributed by atoms with E-state index in [1.54, 1.807) is 5.57 Å². The van der Waals surface area contributed by atoms with E-state index in [4.69, 9.17) is 15.9 Å². The van der Waals surface area contributed by atoms with Crippen LogP contribution in [0.5, 0.6) is 0 Å². The monoisotopic (exact) mass is 694 g/mol. The number of hydrogen-bond acceptors (Lipinski definition) is 5. The van der Waals surface area contributed by atoms with Crippen LogP contribution in [-0.4, -0.2) is 29.4 Å². The van der Waals surface area contributed by atoms with E-state index >= 15 is 0 Å². The summed E-state index contributed by atoms with van der Waals surface area (Å²) in [5, 5.41) is 0. The third-order valence-corrected chi connectivity index (χ3v) is 17.4. The molecule has 276 valence electrons. The summed E-state index contributed by atoms with van der Waals surface area (Å²) in [6.45, 7) is 13.7. The van der Waals surface area contributed by atoms with Crippen molar-refractivity contribution in [3.05, 3.63) is 35.5 Å². The zero-order valence-corrected chi connectivity index (χ0v) is 31.9. The Bertz CT molecular complexity index is 1590. The van der Waals surface area contributed by atoms with E-state index in [1.807, 2.05) is 6.08 Å². The van der Waals surface area contributed by atoms with Crippen LogP contribution >= 0.6 is 0 Å². The average molecular weight is 695 g/mol. The first-order valence-corrected chi connectivity index (χ1v) is 20.9. The van der Waals surface area contributed by atoms with Crippen LogP contribution in [0.1, 0.15) is 143 Å². The van der Waals surface area contributed by atoms with Gasteiger partial charge in [0.05, 0.1) is 12.8 Å². The predicted molar refractivity (Wildman–Crippen MR) is 199 cm³/mol. The number of carbonyl (C=O) groups is 3. The second kappa shape index (κ2) is 12.8. The molecule has 6 fully saturated rings. The van der Waals surface area contributed by atoms with Gasteiger partial charge in [-0.3, -0.25) is 14.4 Å². The van der Waals surface area contributed by atoms with Gasteiger partial charge in [-0.25, -0.2) is 0 Å². The molecule has 8 rings (SSSR count). The predicted octanol–water partition coefficient (Wildman–Crippen LogP) is 9.89. The summed E-state index contributed by atoms with van der Waals surface area (Å²) < 4.78 is 12.7. The van der Waals surface area contributed by atoms with E-state index in [1.165, 1.54) is 24.0 Å². The van der Waals surface area contributed by atoms with Crippen molar-refractivity contribution in [2.24, 2.45) is 63.6 Å². The molecule has 13 atom stereocenters. The molecule has 0 radical (unpaired) electrons. The number of esters is 2. The summed E-state index contributed by atoms with van der Waals surface area (Å²) in [5.41, 5.74) is 3.28. The molecule has 0 saturated heterocycles. The van der Waals surface area contributed by atoms with E-state index in [0.717, 1.165) is 83.5 Å². The Balaban J connectivity index is 0.896. The van der Waals surface area contributed by atoms with Crippen LogP contribution in [-0.2, 0) is 23.9 Å². The number of allylic oxidation sites excluding steroid dienone is 4. The Morgan fingerprint density at radius 2 is 1.67 bits per heavy atom. The smallest absolute Gasteiger partial charge is 0.307 e. The number of carbonyl (C=O) groups excluding carboxylic acids is 3. The normalized spacial score (nSPS) is 46.8. The lowest BCUT2D eigenvalue weighted by molar-refractivity contribution is -0.176. The highest BCUT2D eigenvalue weighted by Crippen LogP contribution is 2.68. The van der Waals surface area contributed by atoms with Gasteiger partial charge in [0.2, 0.25) is 0 Å². The number of ketones is 1. The van der Waals surface area contributed by atoms with Crippen molar-refractivity contribution < 1.29 is 23.9 Å². The van der Waals surface area contributed by atoms with Gasteiger partial charge in [-0.05, 0) is 155 Å². The molecule has 0 bridgehead atoms. The second-order valence-electron chi connectivity index (χ2n) is 19.2. The van der Waals surface area contributed by atoms with Gasteiger partial charge in [0, 0.05) is 17.3 Å². The van der Waals surface area contributed by atoms with Crippen LogP contribution in [0.25, 0.3) is 0 Å². The molecule has 6 saturated carbocycles. The van der Waals surface area contributed by atoms with Gasteiger partial charge in [0.15, 0.2) is 11.4 Å². The number of fused-ring (bicyclic) bond motifs is 10. The molecule has 0 spiro atoms. The van der Waals surface area contributed by atoms with E-state index < -0.39 is 5.60 Å². The fraction of sp³-hybridized carbons (Fsp3) is 0.761. The largest absolute Gasteiger partial charge is 0.462 e. The minimum absolute atomic E-state index is 0.0136. The van der Waals surface area contributed by atoms with E-state index in [-0.39, 0.29) is 47.1 Å². The van der Waals surface area contributed by atoms with E-state index in [0.29, 0.717) is 59.5 Å². The summed E-state index contributed by atoms with van der Waals surface area (Å²) in [7, 11) is 0. The molecular formula is C46H62O5. The molecule has 0 aromatic carbocycles. The summed E-state index contributed by atoms with van der Waals surface area (Å²) >= 11 is 0. The molecule has 7 unspecified atom stereocenters. The Morgan fingerprint density at radius 3 is 2.45 bits per heavy atom. The minimum atomic E-state index is -0.895. The summed E-state index contributed by atoms with van der Waals surface area (Å²) in [5.74, 6) is 7.44. The Kier molecular flexibility index (Phi) is 8.86. The van der Waals surface area contributed by atoms with Crippen LogP contribution in [0.3, 0.4) is 0 Å². The molecule has 0 N–H and O–H groups in total. The standard InChI is InChI=1S/C46H62O5/c1-7-45-23-18-34-33-11-9-28(3)25-30(33)10-12-35(34)36(45)20-24-46(45,8-2)51-41(49)16-15-40(48)50-39-14-13-37-42-29(4)26-31-27-32(47)17-21-43(31,5)38(42)19-22-44(37,39)6/h2,25,27,29,33-39,42H,3,7,9-24,26H2,1,4-6H3/t29-,33?,34?,35?,36?,37?,38?,39+,42?,43+,44+,45+,46+/m1/s1. The molecule has 8 aliphatic carbocycles. The van der Waals surface area contributed by atoms with Crippen LogP contribution in [0, 0.1) is 75.9 Å². The maximum atomic E-state index is 13.6. The van der Waals surface area contributed by atoms with E-state index in [2.05, 4.69) is 46.3 Å². The fourth-order valence-electron chi connectivity index (χ4n) is 14.9. The van der Waals surface area contributed by atoms with Crippen molar-refractivity contribution in [1.29, 1.82) is 0 Å². The molecule has 5 heteroatoms. The highest BCUT2D eigenvalue weighted by molar-refractivity contribution is 5.91. The maximum Gasteiger partial charge on any atom is 0.307 e. The van der Waals surface area contributed by atoms with Crippen molar-refractivity contribution in [2.75, 3.05) is 0 Å². The molecule has 8 aliphatic rings. The minimum Gasteiger partial charge on any atom is -0.462 e. The Labute approximate surface area is 307 Å². The number of rotatable bonds is 6. The maximum absolute atomic E-state index is 13.6. The van der Waals surface area contributed by atoms with Crippen molar-refractivity contribution in [3.63, 3.8) is 0 Å². The quantitative estimate of drug-likeness (QED) is 0.205. The SMILES string of the molecule is C#C[C@]1(OC(=O)CCC(=O)O[C@H]2CCC3C4C(CC[C@@]32C)[C@@]2(C)CCC(=O)C=C2C[C@H]4C)CCC2C3CCC4=CC(=C)CCC4C3CC[C@@]21CC. The van der Waals surface area contributed by atoms with Crippen molar-refractivity contribution in [2.45, 2.75) is 155 Å². The Hall–Kier alpha value is -2.61. The fourth-order valence-corrected chi connectivity index (χ4v) is 14.9. The number of ether oxygens (including phenoxy) is 2. The van der Waals surface area contributed by atoms with Crippen molar-refractivity contribution in [1.82, 2.24) is 0 Å².